The minimum atomic E-state index is -1.19. The van der Waals surface area contributed by atoms with Crippen LogP contribution in [0.2, 0.25) is 0 Å². The van der Waals surface area contributed by atoms with Crippen molar-refractivity contribution in [2.75, 3.05) is 31.6 Å². The number of unbranched alkanes of at least 4 members (excludes halogenated alkanes) is 1. The summed E-state index contributed by atoms with van der Waals surface area (Å²) in [4.78, 5) is 58.4. The van der Waals surface area contributed by atoms with E-state index in [2.05, 4.69) is 25.9 Å². The van der Waals surface area contributed by atoms with Crippen LogP contribution in [0.25, 0.3) is 0 Å². The van der Waals surface area contributed by atoms with Crippen molar-refractivity contribution in [1.29, 1.82) is 0 Å². The average Bonchev–Trinajstić information content (AvgIpc) is 2.89. The highest BCUT2D eigenvalue weighted by molar-refractivity contribution is 7.98. The maximum absolute atomic E-state index is 13.3. The van der Waals surface area contributed by atoms with E-state index in [4.69, 9.17) is 34.4 Å². The Morgan fingerprint density at radius 3 is 1.68 bits per heavy atom. The molecule has 230 valence electrons. The van der Waals surface area contributed by atoms with Crippen molar-refractivity contribution < 1.29 is 24.3 Å². The molecular weight excluding hydrogens is 542 g/mol. The lowest BCUT2D eigenvalue weighted by Gasteiger charge is -2.25. The third kappa shape index (κ3) is 17.3. The molecule has 0 rings (SSSR count). The number of carboxylic acids is 1. The number of aliphatic imine (C=N–C) groups is 2. The number of hydrogen-bond donors (Lipinski definition) is 10. The summed E-state index contributed by atoms with van der Waals surface area (Å²) in [5, 5.41) is 17.3. The highest BCUT2D eigenvalue weighted by Crippen LogP contribution is 2.07. The van der Waals surface area contributed by atoms with Gasteiger partial charge >= 0.3 is 5.97 Å². The summed E-state index contributed by atoms with van der Waals surface area (Å²) in [6.45, 7) is 0.895. The summed E-state index contributed by atoms with van der Waals surface area (Å²) in [6.07, 6.45) is 4.61. The Balaban J connectivity index is 5.57. The maximum atomic E-state index is 13.3. The van der Waals surface area contributed by atoms with Gasteiger partial charge in [-0.2, -0.15) is 11.8 Å². The molecule has 17 heteroatoms. The first-order valence-electron chi connectivity index (χ1n) is 13.1. The van der Waals surface area contributed by atoms with Gasteiger partial charge in [0.2, 0.25) is 17.7 Å². The molecule has 0 aliphatic rings. The van der Waals surface area contributed by atoms with Crippen molar-refractivity contribution in [2.45, 2.75) is 75.5 Å². The van der Waals surface area contributed by atoms with E-state index in [9.17, 15) is 24.3 Å². The molecule has 0 aliphatic carbocycles. The Labute approximate surface area is 239 Å². The number of aliphatic carboxylic acids is 1. The van der Waals surface area contributed by atoms with Crippen molar-refractivity contribution in [3.63, 3.8) is 0 Å². The number of amides is 3. The van der Waals surface area contributed by atoms with Gasteiger partial charge in [-0.15, -0.1) is 0 Å². The number of nitrogens with zero attached hydrogens (tertiary/aromatic N) is 2. The van der Waals surface area contributed by atoms with Gasteiger partial charge in [-0.3, -0.25) is 24.4 Å². The van der Waals surface area contributed by atoms with Crippen LogP contribution < -0.4 is 50.4 Å². The van der Waals surface area contributed by atoms with E-state index in [-0.39, 0.29) is 44.1 Å². The van der Waals surface area contributed by atoms with Crippen molar-refractivity contribution in [2.24, 2.45) is 44.4 Å². The fourth-order valence-electron chi connectivity index (χ4n) is 3.50. The van der Waals surface area contributed by atoms with Gasteiger partial charge in [0.25, 0.3) is 0 Å². The first-order valence-corrected chi connectivity index (χ1v) is 14.5. The lowest BCUT2D eigenvalue weighted by Crippen LogP contribution is -2.57. The smallest absolute Gasteiger partial charge is 0.326 e. The molecule has 16 N–H and O–H groups in total. The Hall–Kier alpha value is -3.31. The molecular formula is C23H47N11O5S. The summed E-state index contributed by atoms with van der Waals surface area (Å²) in [6, 6.07) is -4.14. The number of nitrogens with one attached hydrogen (secondary N) is 3. The lowest BCUT2D eigenvalue weighted by atomic mass is 10.0. The molecule has 4 atom stereocenters. The molecule has 0 aromatic heterocycles. The molecule has 0 aromatic rings. The Bertz CT molecular complexity index is 851. The number of carboxylic acid groups (broad SMARTS) is 1. The van der Waals surface area contributed by atoms with E-state index < -0.39 is 47.9 Å². The fraction of sp³-hybridized carbons (Fsp3) is 0.739. The molecule has 0 aromatic carbocycles. The SMILES string of the molecule is CSCCC(NC(=O)C(CCCN=C(N)N)NC(=O)C(CCCCN)NC(=O)C(N)CCCN=C(N)N)C(=O)O. The van der Waals surface area contributed by atoms with Crippen LogP contribution in [-0.4, -0.2) is 96.5 Å². The Morgan fingerprint density at radius 1 is 0.725 bits per heavy atom. The zero-order valence-corrected chi connectivity index (χ0v) is 24.0. The zero-order valence-electron chi connectivity index (χ0n) is 23.1. The molecule has 0 fully saturated rings. The molecule has 0 bridgehead atoms. The number of carbonyl (C=O) groups is 4. The quantitative estimate of drug-likeness (QED) is 0.0340. The van der Waals surface area contributed by atoms with E-state index >= 15 is 0 Å². The van der Waals surface area contributed by atoms with E-state index in [1.54, 1.807) is 0 Å². The molecule has 0 saturated heterocycles. The molecule has 0 aliphatic heterocycles. The van der Waals surface area contributed by atoms with Crippen molar-refractivity contribution >= 4 is 47.4 Å². The first-order chi connectivity index (χ1) is 18.9. The minimum Gasteiger partial charge on any atom is -0.480 e. The summed E-state index contributed by atoms with van der Waals surface area (Å²) in [7, 11) is 0. The Kier molecular flexibility index (Phi) is 19.7. The van der Waals surface area contributed by atoms with Gasteiger partial charge < -0.3 is 55.5 Å². The minimum absolute atomic E-state index is 0.0644. The maximum Gasteiger partial charge on any atom is 0.326 e. The first kappa shape index (κ1) is 36.7. The van der Waals surface area contributed by atoms with E-state index in [1.165, 1.54) is 11.8 Å². The number of nitrogens with two attached hydrogens (primary N) is 6. The summed E-state index contributed by atoms with van der Waals surface area (Å²) >= 11 is 1.44. The molecule has 0 heterocycles. The second-order valence-corrected chi connectivity index (χ2v) is 10.1. The third-order valence-corrected chi connectivity index (χ3v) is 6.33. The van der Waals surface area contributed by atoms with Crippen LogP contribution in [-0.2, 0) is 19.2 Å². The zero-order chi connectivity index (χ0) is 30.5. The normalized spacial score (nSPS) is 13.7. The summed E-state index contributed by atoms with van der Waals surface area (Å²) in [5.41, 5.74) is 32.8. The topological polar surface area (TPSA) is 305 Å². The fourth-order valence-corrected chi connectivity index (χ4v) is 3.97. The molecule has 3 amide bonds. The molecule has 0 saturated carbocycles. The van der Waals surface area contributed by atoms with E-state index in [1.807, 2.05) is 6.26 Å². The third-order valence-electron chi connectivity index (χ3n) is 5.69. The standard InChI is InChI=1S/C23H47N11O5S/c1-40-13-9-17(21(38)39)34-20(37)16(8-5-12-31-23(28)29)33-19(36)15(7-2-3-10-24)32-18(35)14(25)6-4-11-30-22(26)27/h14-17H,2-13,24-25H2,1H3,(H,32,35)(H,33,36)(H,34,37)(H,38,39)(H4,26,27,30)(H4,28,29,31). The van der Waals surface area contributed by atoms with Gasteiger partial charge in [-0.25, -0.2) is 4.79 Å². The number of rotatable bonds is 22. The van der Waals surface area contributed by atoms with Crippen LogP contribution in [0.1, 0.15) is 51.4 Å². The van der Waals surface area contributed by atoms with E-state index in [0.29, 0.717) is 44.5 Å². The van der Waals surface area contributed by atoms with Crippen molar-refractivity contribution in [3.05, 3.63) is 0 Å². The van der Waals surface area contributed by atoms with Crippen LogP contribution >= 0.6 is 11.8 Å². The van der Waals surface area contributed by atoms with Crippen LogP contribution in [0.5, 0.6) is 0 Å². The Morgan fingerprint density at radius 2 is 1.20 bits per heavy atom. The van der Waals surface area contributed by atoms with Gasteiger partial charge in [0.05, 0.1) is 6.04 Å². The van der Waals surface area contributed by atoms with Gasteiger partial charge in [0.1, 0.15) is 18.1 Å². The van der Waals surface area contributed by atoms with E-state index in [0.717, 1.165) is 0 Å². The largest absolute Gasteiger partial charge is 0.480 e. The summed E-state index contributed by atoms with van der Waals surface area (Å²) in [5.74, 6) is -2.69. The highest BCUT2D eigenvalue weighted by atomic mass is 32.2. The highest BCUT2D eigenvalue weighted by Gasteiger charge is 2.30. The monoisotopic (exact) mass is 589 g/mol. The predicted octanol–water partition coefficient (Wildman–Crippen LogP) is -3.16. The van der Waals surface area contributed by atoms with Crippen LogP contribution in [0.4, 0.5) is 0 Å². The van der Waals surface area contributed by atoms with Gasteiger partial charge in [-0.1, -0.05) is 0 Å². The van der Waals surface area contributed by atoms with Crippen LogP contribution in [0.15, 0.2) is 9.98 Å². The van der Waals surface area contributed by atoms with Crippen LogP contribution in [0, 0.1) is 0 Å². The number of guanidine groups is 2. The van der Waals surface area contributed by atoms with Crippen molar-refractivity contribution in [1.82, 2.24) is 16.0 Å². The van der Waals surface area contributed by atoms with Gasteiger partial charge in [0.15, 0.2) is 11.9 Å². The molecule has 40 heavy (non-hydrogen) atoms. The van der Waals surface area contributed by atoms with Crippen LogP contribution in [0.3, 0.4) is 0 Å². The average molecular weight is 590 g/mol. The van der Waals surface area contributed by atoms with Gasteiger partial charge in [-0.05, 0) is 69.9 Å². The number of carbonyl (C=O) groups excluding carboxylic acids is 3. The molecule has 0 radical (unpaired) electrons. The molecule has 0 spiro atoms. The van der Waals surface area contributed by atoms with Crippen molar-refractivity contribution in [3.8, 4) is 0 Å². The second kappa shape index (κ2) is 21.5. The molecule has 16 nitrogen and oxygen atoms in total. The second-order valence-electron chi connectivity index (χ2n) is 9.09. The van der Waals surface area contributed by atoms with Gasteiger partial charge in [0, 0.05) is 13.1 Å². The number of thioether (sulfide) groups is 1. The number of hydrogen-bond acceptors (Lipinski definition) is 9. The molecule has 4 unspecified atom stereocenters. The predicted molar refractivity (Wildman–Crippen MR) is 157 cm³/mol. The summed E-state index contributed by atoms with van der Waals surface area (Å²) < 4.78 is 0. The lowest BCUT2D eigenvalue weighted by molar-refractivity contribution is -0.142.